The van der Waals surface area contributed by atoms with Gasteiger partial charge in [0.1, 0.15) is 34.5 Å². The lowest BCUT2D eigenvalue weighted by molar-refractivity contribution is -0.159. The Balaban J connectivity index is 1.74. The van der Waals surface area contributed by atoms with Gasteiger partial charge < -0.3 is 44.3 Å². The number of aromatic hydroxyl groups is 3. The Morgan fingerprint density at radius 3 is 1.24 bits per heavy atom. The van der Waals surface area contributed by atoms with Gasteiger partial charge in [-0.3, -0.25) is 4.79 Å². The topological polar surface area (TPSA) is 209 Å². The van der Waals surface area contributed by atoms with Gasteiger partial charge in [-0.1, -0.05) is 26.2 Å². The number of nitrogens with one attached hydrogen (secondary N) is 1. The molecule has 4 N–H and O–H groups in total. The first-order valence-electron chi connectivity index (χ1n) is 19.3. The third kappa shape index (κ3) is 11.3. The molecule has 0 aliphatic rings. The van der Waals surface area contributed by atoms with E-state index in [2.05, 4.69) is 27.2 Å². The molecule has 0 unspecified atom stereocenters. The summed E-state index contributed by atoms with van der Waals surface area (Å²) in [6, 6.07) is 13.0. The van der Waals surface area contributed by atoms with E-state index in [0.29, 0.717) is 6.54 Å². The van der Waals surface area contributed by atoms with Crippen LogP contribution in [0.3, 0.4) is 0 Å². The van der Waals surface area contributed by atoms with Gasteiger partial charge in [0, 0.05) is 24.7 Å². The average molecular weight is 803 g/mol. The Labute approximate surface area is 338 Å². The molecule has 0 aliphatic heterocycles. The maximum absolute atomic E-state index is 12.9. The molecule has 1 heterocycles. The molecule has 3 aromatic carbocycles. The van der Waals surface area contributed by atoms with Gasteiger partial charge in [0.05, 0.1) is 29.9 Å². The molecule has 0 atom stereocenters. The van der Waals surface area contributed by atoms with Crippen molar-refractivity contribution in [2.45, 2.75) is 105 Å². The molecule has 15 nitrogen and oxygen atoms in total. The second kappa shape index (κ2) is 18.9. The van der Waals surface area contributed by atoms with Crippen molar-refractivity contribution in [3.63, 3.8) is 0 Å². The molecule has 58 heavy (non-hydrogen) atoms. The molecule has 4 rings (SSSR count). The molecule has 15 heteroatoms. The quantitative estimate of drug-likeness (QED) is 0.0543. The predicted molar refractivity (Wildman–Crippen MR) is 216 cm³/mol. The highest BCUT2D eigenvalue weighted by molar-refractivity contribution is 5.85. The SMILES string of the molecule is CCCCCCNC(=O)C(C)(C)Oc1ccc(-c2nc(-c3ccc(OC(C)(C)C(=O)OCC)cc3O)nc(-c3ccc(OC(C)(C)C(=O)OCC)cc3O)n2)c(O)c1. The van der Waals surface area contributed by atoms with Crippen LogP contribution < -0.4 is 19.5 Å². The molecule has 0 saturated heterocycles. The van der Waals surface area contributed by atoms with Crippen molar-refractivity contribution in [2.24, 2.45) is 0 Å². The summed E-state index contributed by atoms with van der Waals surface area (Å²) in [7, 11) is 0. The molecule has 312 valence electrons. The van der Waals surface area contributed by atoms with Crippen molar-refractivity contribution in [1.82, 2.24) is 20.3 Å². The monoisotopic (exact) mass is 802 g/mol. The fourth-order valence-corrected chi connectivity index (χ4v) is 5.62. The number of unbranched alkanes of at least 4 members (excludes halogenated alkanes) is 3. The molecule has 0 bridgehead atoms. The largest absolute Gasteiger partial charge is 0.507 e. The molecule has 1 aromatic heterocycles. The summed E-state index contributed by atoms with van der Waals surface area (Å²) in [6.45, 7) is 15.7. The maximum Gasteiger partial charge on any atom is 0.349 e. The third-order valence-corrected chi connectivity index (χ3v) is 8.78. The van der Waals surface area contributed by atoms with Crippen molar-refractivity contribution < 1.29 is 53.4 Å². The number of hydrogen-bond acceptors (Lipinski definition) is 14. The van der Waals surface area contributed by atoms with E-state index in [9.17, 15) is 29.7 Å². The van der Waals surface area contributed by atoms with Gasteiger partial charge in [-0.2, -0.15) is 0 Å². The summed E-state index contributed by atoms with van der Waals surface area (Å²) in [5, 5.41) is 36.7. The molecule has 0 radical (unpaired) electrons. The van der Waals surface area contributed by atoms with E-state index in [1.165, 1.54) is 76.2 Å². The standard InChI is InChI=1S/C43H54N4O11/c1-10-13-14-15-22-44-38(51)41(4,5)56-26-16-19-29(32(48)23-26)35-45-36(30-20-17-27(24-33(30)49)57-42(6,7)39(52)54-11-2)47-37(46-35)31-21-18-28(25-34(31)50)58-43(8,9)40(53)55-12-3/h16-21,23-25,48-50H,10-15,22H2,1-9H3,(H,44,51). The number of hydrogen-bond donors (Lipinski definition) is 4. The van der Waals surface area contributed by atoms with Crippen molar-refractivity contribution in [2.75, 3.05) is 19.8 Å². The van der Waals surface area contributed by atoms with Gasteiger partial charge in [0.2, 0.25) is 0 Å². The fraction of sp³-hybridized carbons (Fsp3) is 0.442. The van der Waals surface area contributed by atoms with Gasteiger partial charge in [-0.15, -0.1) is 0 Å². The Kier molecular flexibility index (Phi) is 14.5. The number of benzene rings is 3. The zero-order chi connectivity index (χ0) is 42.8. The third-order valence-electron chi connectivity index (χ3n) is 8.78. The van der Waals surface area contributed by atoms with E-state index in [1.807, 2.05) is 0 Å². The Morgan fingerprint density at radius 2 is 0.914 bits per heavy atom. The summed E-state index contributed by atoms with van der Waals surface area (Å²) < 4.78 is 27.9. The number of rotatable bonds is 19. The maximum atomic E-state index is 12.9. The van der Waals surface area contributed by atoms with Gasteiger partial charge in [-0.25, -0.2) is 24.5 Å². The van der Waals surface area contributed by atoms with Crippen LogP contribution in [0.2, 0.25) is 0 Å². The number of phenolic OH excluding ortho intramolecular Hbond substituents is 3. The number of carbonyl (C=O) groups excluding carboxylic acids is 3. The van der Waals surface area contributed by atoms with Crippen LogP contribution in [0.5, 0.6) is 34.5 Å². The van der Waals surface area contributed by atoms with Gasteiger partial charge >= 0.3 is 11.9 Å². The molecule has 0 spiro atoms. The number of nitrogens with zero attached hydrogens (tertiary/aromatic N) is 3. The minimum atomic E-state index is -1.36. The summed E-state index contributed by atoms with van der Waals surface area (Å²) in [5.41, 5.74) is -3.59. The highest BCUT2D eigenvalue weighted by Crippen LogP contribution is 2.39. The van der Waals surface area contributed by atoms with Gasteiger partial charge in [-0.05, 0) is 98.2 Å². The predicted octanol–water partition coefficient (Wildman–Crippen LogP) is 7.28. The minimum Gasteiger partial charge on any atom is -0.507 e. The van der Waals surface area contributed by atoms with Crippen LogP contribution in [-0.2, 0) is 23.9 Å². The van der Waals surface area contributed by atoms with E-state index < -0.39 is 28.7 Å². The minimum absolute atomic E-state index is 0.0422. The number of aromatic nitrogens is 3. The second-order valence-corrected chi connectivity index (χ2v) is 14.9. The average Bonchev–Trinajstić information content (AvgIpc) is 3.14. The first-order valence-corrected chi connectivity index (χ1v) is 19.3. The first-order chi connectivity index (χ1) is 27.3. The summed E-state index contributed by atoms with van der Waals surface area (Å²) in [5.74, 6) is -2.01. The molecule has 0 fully saturated rings. The lowest BCUT2D eigenvalue weighted by atomic mass is 10.1. The number of phenols is 3. The zero-order valence-corrected chi connectivity index (χ0v) is 34.6. The van der Waals surface area contributed by atoms with Crippen LogP contribution in [0.25, 0.3) is 34.2 Å². The first kappa shape index (κ1) is 44.6. The van der Waals surface area contributed by atoms with E-state index in [-0.39, 0.29) is 87.8 Å². The van der Waals surface area contributed by atoms with Crippen LogP contribution in [0.15, 0.2) is 54.6 Å². The van der Waals surface area contributed by atoms with Crippen molar-refractivity contribution in [1.29, 1.82) is 0 Å². The van der Waals surface area contributed by atoms with Crippen LogP contribution in [-0.4, -0.2) is 84.7 Å². The molecule has 1 amide bonds. The number of carbonyl (C=O) groups is 3. The molecular formula is C43H54N4O11. The Hall–Kier alpha value is -6.12. The molecular weight excluding hydrogens is 748 g/mol. The summed E-state index contributed by atoms with van der Waals surface area (Å²) >= 11 is 0. The normalized spacial score (nSPS) is 11.7. The van der Waals surface area contributed by atoms with E-state index >= 15 is 0 Å². The zero-order valence-electron chi connectivity index (χ0n) is 34.6. The van der Waals surface area contributed by atoms with E-state index in [4.69, 9.17) is 23.7 Å². The second-order valence-electron chi connectivity index (χ2n) is 14.9. The highest BCUT2D eigenvalue weighted by Gasteiger charge is 2.34. The van der Waals surface area contributed by atoms with Crippen molar-refractivity contribution in [3.8, 4) is 68.7 Å². The van der Waals surface area contributed by atoms with Gasteiger partial charge in [0.15, 0.2) is 34.3 Å². The van der Waals surface area contributed by atoms with E-state index in [1.54, 1.807) is 33.8 Å². The number of esters is 2. The fourth-order valence-electron chi connectivity index (χ4n) is 5.62. The Bertz CT molecular complexity index is 2000. The molecule has 0 saturated carbocycles. The van der Waals surface area contributed by atoms with Crippen molar-refractivity contribution in [3.05, 3.63) is 54.6 Å². The van der Waals surface area contributed by atoms with Crippen LogP contribution in [0.1, 0.15) is 88.0 Å². The van der Waals surface area contributed by atoms with E-state index in [0.717, 1.165) is 25.7 Å². The summed E-state index contributed by atoms with van der Waals surface area (Å²) in [4.78, 5) is 51.6. The number of ether oxygens (including phenoxy) is 5. The lowest BCUT2D eigenvalue weighted by Crippen LogP contribution is -2.46. The number of amides is 1. The molecule has 4 aromatic rings. The van der Waals surface area contributed by atoms with Crippen molar-refractivity contribution >= 4 is 17.8 Å². The Morgan fingerprint density at radius 1 is 0.552 bits per heavy atom. The highest BCUT2D eigenvalue weighted by atomic mass is 16.6. The molecule has 0 aliphatic carbocycles. The van der Waals surface area contributed by atoms with Crippen LogP contribution in [0, 0.1) is 0 Å². The van der Waals surface area contributed by atoms with Crippen LogP contribution in [0.4, 0.5) is 0 Å². The lowest BCUT2D eigenvalue weighted by Gasteiger charge is -2.25. The van der Waals surface area contributed by atoms with Crippen LogP contribution >= 0.6 is 0 Å². The smallest absolute Gasteiger partial charge is 0.349 e. The van der Waals surface area contributed by atoms with Gasteiger partial charge in [0.25, 0.3) is 5.91 Å². The summed E-state index contributed by atoms with van der Waals surface area (Å²) in [6.07, 6.45) is 4.04.